The van der Waals surface area contributed by atoms with E-state index in [2.05, 4.69) is 17.9 Å². The predicted molar refractivity (Wildman–Crippen MR) is 116 cm³/mol. The molecule has 0 saturated heterocycles. The van der Waals surface area contributed by atoms with Gasteiger partial charge in [-0.25, -0.2) is 4.79 Å². The molecule has 0 aromatic heterocycles. The van der Waals surface area contributed by atoms with Crippen LogP contribution in [0.15, 0.2) is 54.6 Å². The minimum absolute atomic E-state index is 0.0343. The van der Waals surface area contributed by atoms with Crippen LogP contribution in [0, 0.1) is 0 Å². The molecule has 0 aliphatic carbocycles. The number of rotatable bonds is 10. The second-order valence-corrected chi connectivity index (χ2v) is 6.71. The fourth-order valence-corrected chi connectivity index (χ4v) is 2.88. The Kier molecular flexibility index (Phi) is 9.86. The van der Waals surface area contributed by atoms with Gasteiger partial charge in [0.2, 0.25) is 0 Å². The predicted octanol–water partition coefficient (Wildman–Crippen LogP) is 3.27. The van der Waals surface area contributed by atoms with Crippen LogP contribution in [0.3, 0.4) is 0 Å². The number of phenolic OH excluding ortho intramolecular Hbond substituents is 1. The lowest BCUT2D eigenvalue weighted by Crippen LogP contribution is -2.36. The van der Waals surface area contributed by atoms with Gasteiger partial charge in [0.25, 0.3) is 5.91 Å². The molecule has 0 aliphatic heterocycles. The number of hydrogen-bond donors (Lipinski definition) is 3. The summed E-state index contributed by atoms with van der Waals surface area (Å²) >= 11 is 3.86. The van der Waals surface area contributed by atoms with Crippen molar-refractivity contribution in [1.29, 1.82) is 0 Å². The molecule has 2 amide bonds. The Morgan fingerprint density at radius 2 is 1.74 bits per heavy atom. The van der Waals surface area contributed by atoms with Gasteiger partial charge in [-0.3, -0.25) is 14.9 Å². The van der Waals surface area contributed by atoms with Gasteiger partial charge in [0, 0.05) is 18.6 Å². The molecule has 31 heavy (non-hydrogen) atoms. The number of esters is 1. The van der Waals surface area contributed by atoms with Crippen molar-refractivity contribution in [2.24, 2.45) is 0 Å². The lowest BCUT2D eigenvalue weighted by molar-refractivity contribution is -0.142. The molecule has 0 bridgehead atoms. The lowest BCUT2D eigenvalue weighted by Gasteiger charge is -2.27. The summed E-state index contributed by atoms with van der Waals surface area (Å²) in [5, 5.41) is 11.8. The number of carbonyl (C=O) groups excluding carboxylic acids is 3. The molecule has 2 atom stereocenters. The lowest BCUT2D eigenvalue weighted by atomic mass is 10.0. The summed E-state index contributed by atoms with van der Waals surface area (Å²) in [4.78, 5) is 36.1. The first-order valence-corrected chi connectivity index (χ1v) is 10.3. The summed E-state index contributed by atoms with van der Waals surface area (Å²) in [6.07, 6.45) is -2.30. The van der Waals surface area contributed by atoms with Crippen LogP contribution in [0.5, 0.6) is 5.75 Å². The maximum atomic E-state index is 12.5. The van der Waals surface area contributed by atoms with Gasteiger partial charge in [0.1, 0.15) is 11.9 Å². The third-order valence-electron chi connectivity index (χ3n) is 4.22. The molecule has 0 heterocycles. The first-order valence-electron chi connectivity index (χ1n) is 9.68. The molecule has 9 heteroatoms. The second-order valence-electron chi connectivity index (χ2n) is 6.40. The summed E-state index contributed by atoms with van der Waals surface area (Å²) in [5.41, 5.74) is 0.847. The van der Waals surface area contributed by atoms with E-state index >= 15 is 0 Å². The van der Waals surface area contributed by atoms with Crippen LogP contribution in [-0.2, 0) is 19.0 Å². The van der Waals surface area contributed by atoms with Gasteiger partial charge in [0.15, 0.2) is 6.10 Å². The minimum atomic E-state index is -0.955. The van der Waals surface area contributed by atoms with Crippen molar-refractivity contribution >= 4 is 30.6 Å². The van der Waals surface area contributed by atoms with Gasteiger partial charge in [0.05, 0.1) is 12.4 Å². The van der Waals surface area contributed by atoms with E-state index in [0.29, 0.717) is 17.7 Å². The standard InChI is InChI=1S/C22H25NO7S/c1-2-28-18(12-13-29-19(25)14-31)20(15-8-10-17(24)11-9-15)30-22(27)23-21(26)16-6-4-3-5-7-16/h3-11,18,20,24,31H,2,12-14H2,1H3,(H,23,26,27)/t18-,20-/m1/s1. The molecule has 0 spiro atoms. The van der Waals surface area contributed by atoms with Gasteiger partial charge in [-0.2, -0.15) is 12.6 Å². The fraction of sp³-hybridized carbons (Fsp3) is 0.318. The van der Waals surface area contributed by atoms with Crippen molar-refractivity contribution < 1.29 is 33.7 Å². The Labute approximate surface area is 185 Å². The molecular weight excluding hydrogens is 422 g/mol. The summed E-state index contributed by atoms with van der Waals surface area (Å²) in [6, 6.07) is 14.3. The van der Waals surface area contributed by atoms with Crippen LogP contribution in [0.4, 0.5) is 4.79 Å². The smallest absolute Gasteiger partial charge is 0.414 e. The number of thiol groups is 1. The molecule has 0 radical (unpaired) electrons. The number of ether oxygens (including phenoxy) is 3. The number of hydrogen-bond acceptors (Lipinski definition) is 8. The van der Waals surface area contributed by atoms with E-state index in [9.17, 15) is 19.5 Å². The molecule has 2 N–H and O–H groups in total. The SMILES string of the molecule is CCO[C@H](CCOC(=O)CS)[C@H](OC(=O)NC(=O)c1ccccc1)c1ccc(O)cc1. The van der Waals surface area contributed by atoms with Gasteiger partial charge < -0.3 is 19.3 Å². The van der Waals surface area contributed by atoms with E-state index in [-0.39, 0.29) is 24.5 Å². The molecular formula is C22H25NO7S. The number of aromatic hydroxyl groups is 1. The van der Waals surface area contributed by atoms with Crippen molar-refractivity contribution in [3.8, 4) is 5.75 Å². The first-order chi connectivity index (χ1) is 14.9. The van der Waals surface area contributed by atoms with Gasteiger partial charge in [-0.1, -0.05) is 30.3 Å². The molecule has 2 aromatic carbocycles. The Bertz CT molecular complexity index is 858. The summed E-state index contributed by atoms with van der Waals surface area (Å²) in [7, 11) is 0. The van der Waals surface area contributed by atoms with Gasteiger partial charge in [-0.05, 0) is 36.8 Å². The highest BCUT2D eigenvalue weighted by molar-refractivity contribution is 7.81. The minimum Gasteiger partial charge on any atom is -0.508 e. The Hall–Kier alpha value is -3.04. The maximum Gasteiger partial charge on any atom is 0.414 e. The van der Waals surface area contributed by atoms with Gasteiger partial charge in [-0.15, -0.1) is 0 Å². The molecule has 2 rings (SSSR count). The van der Waals surface area contributed by atoms with Crippen LogP contribution < -0.4 is 5.32 Å². The zero-order valence-corrected chi connectivity index (χ0v) is 17.9. The Morgan fingerprint density at radius 3 is 2.35 bits per heavy atom. The van der Waals surface area contributed by atoms with Crippen LogP contribution >= 0.6 is 12.6 Å². The van der Waals surface area contributed by atoms with Crippen LogP contribution in [0.1, 0.15) is 35.4 Å². The van der Waals surface area contributed by atoms with E-state index in [1.54, 1.807) is 49.4 Å². The monoisotopic (exact) mass is 447 g/mol. The zero-order chi connectivity index (χ0) is 22.6. The molecule has 8 nitrogen and oxygen atoms in total. The number of amides is 2. The molecule has 0 saturated carbocycles. The number of nitrogens with one attached hydrogen (secondary N) is 1. The van der Waals surface area contributed by atoms with Crippen molar-refractivity contribution in [3.63, 3.8) is 0 Å². The van der Waals surface area contributed by atoms with Crippen LogP contribution in [0.25, 0.3) is 0 Å². The average molecular weight is 448 g/mol. The van der Waals surface area contributed by atoms with E-state index in [4.69, 9.17) is 14.2 Å². The van der Waals surface area contributed by atoms with Crippen molar-refractivity contribution in [3.05, 3.63) is 65.7 Å². The van der Waals surface area contributed by atoms with E-state index < -0.39 is 30.2 Å². The highest BCUT2D eigenvalue weighted by Gasteiger charge is 2.29. The molecule has 2 aromatic rings. The molecule has 0 aliphatic rings. The summed E-state index contributed by atoms with van der Waals surface area (Å²) in [5.74, 6) is -1.10. The van der Waals surface area contributed by atoms with E-state index in [1.165, 1.54) is 12.1 Å². The number of benzene rings is 2. The van der Waals surface area contributed by atoms with Crippen molar-refractivity contribution in [1.82, 2.24) is 5.32 Å². The van der Waals surface area contributed by atoms with Crippen molar-refractivity contribution in [2.45, 2.75) is 25.6 Å². The zero-order valence-electron chi connectivity index (χ0n) is 17.0. The average Bonchev–Trinajstić information content (AvgIpc) is 2.78. The fourth-order valence-electron chi connectivity index (χ4n) is 2.79. The molecule has 0 fully saturated rings. The summed E-state index contributed by atoms with van der Waals surface area (Å²) < 4.78 is 16.3. The number of alkyl carbamates (subject to hydrolysis) is 1. The largest absolute Gasteiger partial charge is 0.508 e. The quantitative estimate of drug-likeness (QED) is 0.379. The third kappa shape index (κ3) is 7.95. The van der Waals surface area contributed by atoms with Crippen molar-refractivity contribution in [2.75, 3.05) is 19.0 Å². The van der Waals surface area contributed by atoms with Crippen LogP contribution in [0.2, 0.25) is 0 Å². The van der Waals surface area contributed by atoms with Crippen LogP contribution in [-0.4, -0.2) is 48.1 Å². The second kappa shape index (κ2) is 12.6. The summed E-state index contributed by atoms with van der Waals surface area (Å²) in [6.45, 7) is 2.12. The highest BCUT2D eigenvalue weighted by atomic mass is 32.1. The number of carbonyl (C=O) groups is 3. The van der Waals surface area contributed by atoms with E-state index in [0.717, 1.165) is 0 Å². The van der Waals surface area contributed by atoms with Gasteiger partial charge >= 0.3 is 12.1 Å². The maximum absolute atomic E-state index is 12.5. The normalized spacial score (nSPS) is 12.5. The molecule has 166 valence electrons. The topological polar surface area (TPSA) is 111 Å². The number of phenols is 1. The van der Waals surface area contributed by atoms with E-state index in [1.807, 2.05) is 0 Å². The molecule has 0 unspecified atom stereocenters. The highest BCUT2D eigenvalue weighted by Crippen LogP contribution is 2.27. The first kappa shape index (κ1) is 24.2. The third-order valence-corrected chi connectivity index (χ3v) is 4.48. The number of imide groups is 1. The Balaban J connectivity index is 2.15. The Morgan fingerprint density at radius 1 is 1.06 bits per heavy atom.